The SMILES string of the molecule is O=C(CSc1nc2c(c(=O)n1CCc1ccccc1)SCC2)NCCc1ccccc1. The molecule has 160 valence electrons. The summed E-state index contributed by atoms with van der Waals surface area (Å²) in [7, 11) is 0. The molecule has 3 aromatic rings. The lowest BCUT2D eigenvalue weighted by Crippen LogP contribution is -2.29. The van der Waals surface area contributed by atoms with Crippen LogP contribution in [-0.4, -0.2) is 33.5 Å². The lowest BCUT2D eigenvalue weighted by molar-refractivity contribution is -0.118. The van der Waals surface area contributed by atoms with Gasteiger partial charge in [-0.05, 0) is 24.0 Å². The molecule has 7 heteroatoms. The predicted molar refractivity (Wildman–Crippen MR) is 127 cm³/mol. The van der Waals surface area contributed by atoms with Crippen LogP contribution in [0, 0.1) is 0 Å². The normalized spacial score (nSPS) is 12.5. The van der Waals surface area contributed by atoms with E-state index < -0.39 is 0 Å². The fraction of sp³-hybridized carbons (Fsp3) is 0.292. The fourth-order valence-electron chi connectivity index (χ4n) is 3.49. The van der Waals surface area contributed by atoms with Crippen molar-refractivity contribution in [1.29, 1.82) is 0 Å². The monoisotopic (exact) mass is 451 g/mol. The third-order valence-electron chi connectivity index (χ3n) is 5.13. The minimum atomic E-state index is -0.0420. The van der Waals surface area contributed by atoms with Crippen LogP contribution in [0.25, 0.3) is 0 Å². The number of thioether (sulfide) groups is 2. The van der Waals surface area contributed by atoms with Crippen LogP contribution in [0.4, 0.5) is 0 Å². The lowest BCUT2D eigenvalue weighted by atomic mass is 10.1. The van der Waals surface area contributed by atoms with Gasteiger partial charge in [-0.1, -0.05) is 72.4 Å². The van der Waals surface area contributed by atoms with Crippen LogP contribution in [0.2, 0.25) is 0 Å². The summed E-state index contributed by atoms with van der Waals surface area (Å²) in [5.41, 5.74) is 3.27. The first-order valence-corrected chi connectivity index (χ1v) is 12.4. The highest BCUT2D eigenvalue weighted by Crippen LogP contribution is 2.28. The Morgan fingerprint density at radius 2 is 1.71 bits per heavy atom. The first-order chi connectivity index (χ1) is 15.2. The first-order valence-electron chi connectivity index (χ1n) is 10.4. The van der Waals surface area contributed by atoms with Gasteiger partial charge in [-0.2, -0.15) is 0 Å². The van der Waals surface area contributed by atoms with Crippen molar-refractivity contribution in [3.63, 3.8) is 0 Å². The molecular formula is C24H25N3O2S2. The van der Waals surface area contributed by atoms with Crippen molar-refractivity contribution in [2.24, 2.45) is 0 Å². The van der Waals surface area contributed by atoms with Gasteiger partial charge in [0.15, 0.2) is 5.16 Å². The van der Waals surface area contributed by atoms with E-state index in [9.17, 15) is 9.59 Å². The number of benzene rings is 2. The molecule has 0 atom stereocenters. The zero-order chi connectivity index (χ0) is 21.5. The maximum atomic E-state index is 13.1. The molecule has 4 rings (SSSR count). The van der Waals surface area contributed by atoms with Gasteiger partial charge in [0.05, 0.1) is 16.3 Å². The number of amides is 1. The average Bonchev–Trinajstić information content (AvgIpc) is 3.27. The third-order valence-corrected chi connectivity index (χ3v) is 7.21. The third kappa shape index (κ3) is 5.80. The Bertz CT molecular complexity index is 1090. The van der Waals surface area contributed by atoms with Gasteiger partial charge in [-0.25, -0.2) is 4.98 Å². The molecule has 0 unspecified atom stereocenters. The molecule has 5 nitrogen and oxygen atoms in total. The highest BCUT2D eigenvalue weighted by molar-refractivity contribution is 8.00. The second-order valence-electron chi connectivity index (χ2n) is 7.34. The Morgan fingerprint density at radius 1 is 1.03 bits per heavy atom. The summed E-state index contributed by atoms with van der Waals surface area (Å²) in [5.74, 6) is 1.10. The van der Waals surface area contributed by atoms with E-state index in [1.807, 2.05) is 36.4 Å². The summed E-state index contributed by atoms with van der Waals surface area (Å²) in [5, 5.41) is 3.61. The van der Waals surface area contributed by atoms with Crippen LogP contribution in [0.1, 0.15) is 16.8 Å². The molecule has 0 bridgehead atoms. The number of fused-ring (bicyclic) bond motifs is 1. The number of hydrogen-bond acceptors (Lipinski definition) is 5. The summed E-state index contributed by atoms with van der Waals surface area (Å²) in [6.45, 7) is 1.15. The predicted octanol–water partition coefficient (Wildman–Crippen LogP) is 3.59. The zero-order valence-electron chi connectivity index (χ0n) is 17.3. The first kappa shape index (κ1) is 21.7. The number of aryl methyl sites for hydroxylation is 2. The number of hydrogen-bond donors (Lipinski definition) is 1. The van der Waals surface area contributed by atoms with E-state index >= 15 is 0 Å². The van der Waals surface area contributed by atoms with Gasteiger partial charge < -0.3 is 5.32 Å². The molecule has 1 aliphatic heterocycles. The van der Waals surface area contributed by atoms with E-state index in [1.54, 1.807) is 16.3 Å². The Balaban J connectivity index is 1.40. The lowest BCUT2D eigenvalue weighted by Gasteiger charge is -2.14. The second kappa shape index (κ2) is 10.7. The molecule has 1 amide bonds. The Labute approximate surface area is 190 Å². The number of nitrogens with one attached hydrogen (secondary N) is 1. The van der Waals surface area contributed by atoms with Crippen molar-refractivity contribution in [3.8, 4) is 0 Å². The molecule has 2 heterocycles. The largest absolute Gasteiger partial charge is 0.355 e. The molecular weight excluding hydrogens is 426 g/mol. The van der Waals surface area contributed by atoms with E-state index in [-0.39, 0.29) is 17.2 Å². The smallest absolute Gasteiger partial charge is 0.268 e. The molecule has 1 aromatic heterocycles. The molecule has 1 N–H and O–H groups in total. The van der Waals surface area contributed by atoms with Crippen LogP contribution in [0.15, 0.2) is 75.5 Å². The van der Waals surface area contributed by atoms with Crippen LogP contribution in [0.3, 0.4) is 0 Å². The van der Waals surface area contributed by atoms with Gasteiger partial charge in [0.2, 0.25) is 5.91 Å². The van der Waals surface area contributed by atoms with E-state index in [0.717, 1.165) is 35.6 Å². The van der Waals surface area contributed by atoms with Crippen LogP contribution >= 0.6 is 23.5 Å². The second-order valence-corrected chi connectivity index (χ2v) is 9.38. The van der Waals surface area contributed by atoms with E-state index in [0.29, 0.717) is 18.2 Å². The molecule has 0 radical (unpaired) electrons. The van der Waals surface area contributed by atoms with Crippen LogP contribution < -0.4 is 10.9 Å². The Morgan fingerprint density at radius 3 is 2.42 bits per heavy atom. The minimum Gasteiger partial charge on any atom is -0.355 e. The molecule has 0 aliphatic carbocycles. The number of carbonyl (C=O) groups is 1. The average molecular weight is 452 g/mol. The van der Waals surface area contributed by atoms with E-state index in [4.69, 9.17) is 4.98 Å². The van der Waals surface area contributed by atoms with Gasteiger partial charge in [0.25, 0.3) is 5.56 Å². The van der Waals surface area contributed by atoms with Crippen LogP contribution in [0.5, 0.6) is 0 Å². The summed E-state index contributed by atoms with van der Waals surface area (Å²) < 4.78 is 1.74. The van der Waals surface area contributed by atoms with Crippen molar-refractivity contribution in [2.75, 3.05) is 18.1 Å². The van der Waals surface area contributed by atoms with Gasteiger partial charge >= 0.3 is 0 Å². The Kier molecular flexibility index (Phi) is 7.48. The fourth-order valence-corrected chi connectivity index (χ4v) is 5.40. The molecule has 2 aromatic carbocycles. The van der Waals surface area contributed by atoms with Crippen LogP contribution in [-0.2, 0) is 30.6 Å². The maximum Gasteiger partial charge on any atom is 0.268 e. The van der Waals surface area contributed by atoms with Crippen molar-refractivity contribution < 1.29 is 4.79 Å². The Hall–Kier alpha value is -2.51. The van der Waals surface area contributed by atoms with Crippen molar-refractivity contribution in [2.45, 2.75) is 35.9 Å². The molecule has 0 fully saturated rings. The summed E-state index contributed by atoms with van der Waals surface area (Å²) in [6, 6.07) is 20.2. The molecule has 0 saturated carbocycles. The molecule has 0 spiro atoms. The molecule has 31 heavy (non-hydrogen) atoms. The van der Waals surface area contributed by atoms with Crippen molar-refractivity contribution in [1.82, 2.24) is 14.9 Å². The van der Waals surface area contributed by atoms with E-state index in [2.05, 4.69) is 29.6 Å². The van der Waals surface area contributed by atoms with Gasteiger partial charge in [0, 0.05) is 25.3 Å². The van der Waals surface area contributed by atoms with Gasteiger partial charge in [-0.3, -0.25) is 14.2 Å². The molecule has 1 aliphatic rings. The number of aromatic nitrogens is 2. The highest BCUT2D eigenvalue weighted by atomic mass is 32.2. The summed E-state index contributed by atoms with van der Waals surface area (Å²) >= 11 is 2.94. The summed E-state index contributed by atoms with van der Waals surface area (Å²) in [4.78, 5) is 30.9. The highest BCUT2D eigenvalue weighted by Gasteiger charge is 2.22. The molecule has 0 saturated heterocycles. The van der Waals surface area contributed by atoms with Gasteiger partial charge in [-0.15, -0.1) is 11.8 Å². The van der Waals surface area contributed by atoms with E-state index in [1.165, 1.54) is 22.9 Å². The number of nitrogens with zero attached hydrogens (tertiary/aromatic N) is 2. The van der Waals surface area contributed by atoms with Crippen molar-refractivity contribution >= 4 is 29.4 Å². The quantitative estimate of drug-likeness (QED) is 0.398. The summed E-state index contributed by atoms with van der Waals surface area (Å²) in [6.07, 6.45) is 2.36. The standard InChI is InChI=1S/C24H25N3O2S2/c28-21(25-14-11-18-7-3-1-4-8-18)17-31-24-26-20-13-16-30-22(20)23(29)27(24)15-12-19-9-5-2-6-10-19/h1-10H,11-17H2,(H,25,28). The zero-order valence-corrected chi connectivity index (χ0v) is 18.9. The number of carbonyl (C=O) groups excluding carboxylic acids is 1. The minimum absolute atomic E-state index is 0.0235. The van der Waals surface area contributed by atoms with Crippen molar-refractivity contribution in [3.05, 3.63) is 87.8 Å². The maximum absolute atomic E-state index is 13.1. The van der Waals surface area contributed by atoms with Gasteiger partial charge in [0.1, 0.15) is 0 Å². The number of rotatable bonds is 9. The topological polar surface area (TPSA) is 64.0 Å².